The van der Waals surface area contributed by atoms with E-state index in [1.165, 1.54) is 0 Å². The SMILES string of the molecule is O=C(O)C[C@H](NC(=O)/C=C/C(=O)c1ccccc1)C(=O)O. The number of carboxylic acids is 2. The van der Waals surface area contributed by atoms with Gasteiger partial charge in [-0.15, -0.1) is 0 Å². The molecule has 0 radical (unpaired) electrons. The molecule has 0 saturated carbocycles. The van der Waals surface area contributed by atoms with Crippen LogP contribution < -0.4 is 5.32 Å². The molecule has 0 saturated heterocycles. The number of ketones is 1. The third kappa shape index (κ3) is 5.68. The number of hydrogen-bond acceptors (Lipinski definition) is 4. The predicted octanol–water partition coefficient (Wildman–Crippen LogP) is 0.470. The molecule has 110 valence electrons. The Morgan fingerprint density at radius 1 is 1.05 bits per heavy atom. The number of carbonyl (C=O) groups excluding carboxylic acids is 2. The first-order valence-electron chi connectivity index (χ1n) is 5.92. The van der Waals surface area contributed by atoms with Gasteiger partial charge in [0, 0.05) is 11.6 Å². The lowest BCUT2D eigenvalue weighted by atomic mass is 10.1. The van der Waals surface area contributed by atoms with E-state index in [0.29, 0.717) is 5.56 Å². The summed E-state index contributed by atoms with van der Waals surface area (Å²) in [5.41, 5.74) is 0.377. The van der Waals surface area contributed by atoms with Crippen LogP contribution in [-0.2, 0) is 14.4 Å². The monoisotopic (exact) mass is 291 g/mol. The Balaban J connectivity index is 2.63. The highest BCUT2D eigenvalue weighted by molar-refractivity contribution is 6.07. The fourth-order valence-electron chi connectivity index (χ4n) is 1.44. The maximum atomic E-state index is 11.7. The van der Waals surface area contributed by atoms with E-state index in [1.807, 2.05) is 5.32 Å². The van der Waals surface area contributed by atoms with Gasteiger partial charge in [-0.25, -0.2) is 4.79 Å². The second-order valence-corrected chi connectivity index (χ2v) is 4.06. The molecular weight excluding hydrogens is 278 g/mol. The molecule has 1 aromatic carbocycles. The minimum Gasteiger partial charge on any atom is -0.481 e. The van der Waals surface area contributed by atoms with Gasteiger partial charge in [-0.3, -0.25) is 14.4 Å². The molecule has 0 spiro atoms. The summed E-state index contributed by atoms with van der Waals surface area (Å²) in [4.78, 5) is 44.4. The van der Waals surface area contributed by atoms with Crippen LogP contribution in [0.4, 0.5) is 0 Å². The molecule has 7 heteroatoms. The molecule has 0 aliphatic carbocycles. The summed E-state index contributed by atoms with van der Waals surface area (Å²) in [5.74, 6) is -4.09. The van der Waals surface area contributed by atoms with E-state index in [1.54, 1.807) is 30.3 Å². The Morgan fingerprint density at radius 2 is 1.67 bits per heavy atom. The minimum atomic E-state index is -1.55. The standard InChI is InChI=1S/C14H13NO6/c16-11(9-4-2-1-3-5-9)6-7-12(17)15-10(14(20)21)8-13(18)19/h1-7,10H,8H2,(H,15,17)(H,18,19)(H,20,21)/b7-6+/t10-/m0/s1. The number of benzene rings is 1. The van der Waals surface area contributed by atoms with Gasteiger partial charge in [-0.05, 0) is 6.08 Å². The Bertz CT molecular complexity index is 578. The molecule has 1 amide bonds. The molecule has 1 rings (SSSR count). The van der Waals surface area contributed by atoms with Crippen LogP contribution >= 0.6 is 0 Å². The first kappa shape index (κ1) is 16.1. The fraction of sp³-hybridized carbons (Fsp3) is 0.143. The van der Waals surface area contributed by atoms with Gasteiger partial charge in [0.15, 0.2) is 5.78 Å². The molecule has 7 nitrogen and oxygen atoms in total. The van der Waals surface area contributed by atoms with Gasteiger partial charge in [0.05, 0.1) is 6.42 Å². The Hall–Kier alpha value is -2.96. The third-order valence-electron chi connectivity index (χ3n) is 2.44. The lowest BCUT2D eigenvalue weighted by molar-refractivity contribution is -0.146. The van der Waals surface area contributed by atoms with Crippen LogP contribution in [0, 0.1) is 0 Å². The number of nitrogens with one attached hydrogen (secondary N) is 1. The van der Waals surface area contributed by atoms with Gasteiger partial charge in [-0.1, -0.05) is 30.3 Å². The van der Waals surface area contributed by atoms with Crippen molar-refractivity contribution < 1.29 is 29.4 Å². The molecule has 0 heterocycles. The van der Waals surface area contributed by atoms with Crippen LogP contribution in [-0.4, -0.2) is 39.9 Å². The Labute approximate surface area is 119 Å². The molecule has 21 heavy (non-hydrogen) atoms. The van der Waals surface area contributed by atoms with Crippen molar-refractivity contribution in [3.05, 3.63) is 48.0 Å². The van der Waals surface area contributed by atoms with E-state index >= 15 is 0 Å². The zero-order chi connectivity index (χ0) is 15.8. The molecule has 0 fully saturated rings. The Morgan fingerprint density at radius 3 is 2.19 bits per heavy atom. The lowest BCUT2D eigenvalue weighted by Gasteiger charge is -2.10. The van der Waals surface area contributed by atoms with E-state index in [4.69, 9.17) is 10.2 Å². The quantitative estimate of drug-likeness (QED) is 0.496. The van der Waals surface area contributed by atoms with Crippen LogP contribution in [0.25, 0.3) is 0 Å². The van der Waals surface area contributed by atoms with Crippen molar-refractivity contribution in [2.24, 2.45) is 0 Å². The topological polar surface area (TPSA) is 121 Å². The van der Waals surface area contributed by atoms with Gasteiger partial charge >= 0.3 is 11.9 Å². The maximum Gasteiger partial charge on any atom is 0.326 e. The van der Waals surface area contributed by atoms with Gasteiger partial charge in [0.1, 0.15) is 6.04 Å². The summed E-state index contributed by atoms with van der Waals surface area (Å²) >= 11 is 0. The number of carbonyl (C=O) groups is 4. The highest BCUT2D eigenvalue weighted by Gasteiger charge is 2.22. The highest BCUT2D eigenvalue weighted by atomic mass is 16.4. The zero-order valence-corrected chi connectivity index (χ0v) is 10.9. The predicted molar refractivity (Wildman–Crippen MR) is 71.7 cm³/mol. The van der Waals surface area contributed by atoms with Crippen molar-refractivity contribution in [1.82, 2.24) is 5.32 Å². The van der Waals surface area contributed by atoms with Crippen LogP contribution in [0.3, 0.4) is 0 Å². The van der Waals surface area contributed by atoms with Crippen molar-refractivity contribution in [2.75, 3.05) is 0 Å². The van der Waals surface area contributed by atoms with Gasteiger partial charge in [0.2, 0.25) is 5.91 Å². The molecule has 0 aliphatic heterocycles. The van der Waals surface area contributed by atoms with Gasteiger partial charge < -0.3 is 15.5 Å². The van der Waals surface area contributed by atoms with E-state index in [9.17, 15) is 19.2 Å². The molecular formula is C14H13NO6. The van der Waals surface area contributed by atoms with Crippen molar-refractivity contribution in [2.45, 2.75) is 12.5 Å². The normalized spacial score (nSPS) is 11.8. The lowest BCUT2D eigenvalue weighted by Crippen LogP contribution is -2.41. The number of allylic oxidation sites excluding steroid dienone is 1. The average Bonchev–Trinajstić information content (AvgIpc) is 2.44. The summed E-state index contributed by atoms with van der Waals surface area (Å²) < 4.78 is 0. The largest absolute Gasteiger partial charge is 0.481 e. The minimum absolute atomic E-state index is 0.377. The summed E-state index contributed by atoms with van der Waals surface area (Å²) in [6.07, 6.45) is 1.11. The molecule has 0 bridgehead atoms. The van der Waals surface area contributed by atoms with Crippen molar-refractivity contribution in [1.29, 1.82) is 0 Å². The number of hydrogen-bond donors (Lipinski definition) is 3. The number of amides is 1. The Kier molecular flexibility index (Phi) is 5.81. The van der Waals surface area contributed by atoms with Gasteiger partial charge in [-0.2, -0.15) is 0 Å². The third-order valence-corrected chi connectivity index (χ3v) is 2.44. The summed E-state index contributed by atoms with van der Waals surface area (Å²) in [6, 6.07) is 6.63. The van der Waals surface area contributed by atoms with Crippen molar-refractivity contribution in [3.8, 4) is 0 Å². The molecule has 0 aliphatic rings. The van der Waals surface area contributed by atoms with Crippen molar-refractivity contribution >= 4 is 23.6 Å². The number of rotatable bonds is 7. The van der Waals surface area contributed by atoms with E-state index in [2.05, 4.69) is 0 Å². The highest BCUT2D eigenvalue weighted by Crippen LogP contribution is 2.01. The molecule has 1 atom stereocenters. The van der Waals surface area contributed by atoms with E-state index < -0.39 is 36.1 Å². The number of aliphatic carboxylic acids is 2. The van der Waals surface area contributed by atoms with Crippen LogP contribution in [0.5, 0.6) is 0 Å². The zero-order valence-electron chi connectivity index (χ0n) is 10.9. The van der Waals surface area contributed by atoms with Gasteiger partial charge in [0.25, 0.3) is 0 Å². The van der Waals surface area contributed by atoms with Crippen LogP contribution in [0.2, 0.25) is 0 Å². The second kappa shape index (κ2) is 7.59. The van der Waals surface area contributed by atoms with E-state index in [-0.39, 0.29) is 0 Å². The summed E-state index contributed by atoms with van der Waals surface area (Å²) in [6.45, 7) is 0. The first-order valence-corrected chi connectivity index (χ1v) is 5.92. The first-order chi connectivity index (χ1) is 9.90. The smallest absolute Gasteiger partial charge is 0.326 e. The van der Waals surface area contributed by atoms with E-state index in [0.717, 1.165) is 12.2 Å². The average molecular weight is 291 g/mol. The fourth-order valence-corrected chi connectivity index (χ4v) is 1.44. The number of carboxylic acid groups (broad SMARTS) is 2. The van der Waals surface area contributed by atoms with Crippen molar-refractivity contribution in [3.63, 3.8) is 0 Å². The summed E-state index contributed by atoms with van der Waals surface area (Å²) in [5, 5.41) is 19.3. The maximum absolute atomic E-state index is 11.7. The molecule has 0 aromatic heterocycles. The molecule has 1 aromatic rings. The molecule has 0 unspecified atom stereocenters. The van der Waals surface area contributed by atoms with Crippen LogP contribution in [0.1, 0.15) is 16.8 Å². The second-order valence-electron chi connectivity index (χ2n) is 4.06. The van der Waals surface area contributed by atoms with Crippen LogP contribution in [0.15, 0.2) is 42.5 Å². The molecule has 3 N–H and O–H groups in total. The summed E-state index contributed by atoms with van der Waals surface area (Å²) in [7, 11) is 0.